The van der Waals surface area contributed by atoms with Crippen molar-refractivity contribution in [1.29, 1.82) is 0 Å². The van der Waals surface area contributed by atoms with Crippen LogP contribution in [0.3, 0.4) is 0 Å². The highest BCUT2D eigenvalue weighted by atomic mass is 32.2. The molecule has 1 rings (SSSR count). The lowest BCUT2D eigenvalue weighted by molar-refractivity contribution is 0.579. The van der Waals surface area contributed by atoms with Crippen molar-refractivity contribution in [2.45, 2.75) is 32.2 Å². The Bertz CT molecular complexity index is 331. The minimum atomic E-state index is -0.340. The van der Waals surface area contributed by atoms with Crippen LogP contribution < -0.4 is 5.32 Å². The van der Waals surface area contributed by atoms with E-state index in [-0.39, 0.29) is 5.82 Å². The third kappa shape index (κ3) is 4.35. The summed E-state index contributed by atoms with van der Waals surface area (Å²) in [6, 6.07) is 0. The number of nitrogens with zero attached hydrogens (tertiary/aromatic N) is 2. The molecule has 0 fully saturated rings. The van der Waals surface area contributed by atoms with Crippen LogP contribution in [0.25, 0.3) is 0 Å². The summed E-state index contributed by atoms with van der Waals surface area (Å²) in [4.78, 5) is 8.04. The van der Waals surface area contributed by atoms with Gasteiger partial charge in [-0.25, -0.2) is 14.4 Å². The lowest BCUT2D eigenvalue weighted by atomic mass is 10.3. The molecule has 1 heterocycles. The van der Waals surface area contributed by atoms with Crippen LogP contribution in [0.2, 0.25) is 0 Å². The van der Waals surface area contributed by atoms with Crippen molar-refractivity contribution in [1.82, 2.24) is 9.97 Å². The van der Waals surface area contributed by atoms with Crippen LogP contribution in [0.5, 0.6) is 0 Å². The van der Waals surface area contributed by atoms with Gasteiger partial charge in [-0.2, -0.15) is 0 Å². The number of anilines is 1. The van der Waals surface area contributed by atoms with Gasteiger partial charge in [0.25, 0.3) is 0 Å². The Kier molecular flexibility index (Phi) is 5.52. The molecule has 0 atom stereocenters. The Morgan fingerprint density at radius 3 is 2.88 bits per heavy atom. The fraction of sp³-hybridized carbons (Fsp3) is 0.636. The molecule has 5 heteroatoms. The summed E-state index contributed by atoms with van der Waals surface area (Å²) in [5.74, 6) is 1.55. The van der Waals surface area contributed by atoms with Crippen LogP contribution in [0.1, 0.15) is 27.2 Å². The van der Waals surface area contributed by atoms with Crippen molar-refractivity contribution in [3.05, 3.63) is 12.0 Å². The molecule has 1 aromatic rings. The summed E-state index contributed by atoms with van der Waals surface area (Å²) in [6.07, 6.45) is 2.23. The second-order valence-electron chi connectivity index (χ2n) is 3.98. The van der Waals surface area contributed by atoms with Crippen molar-refractivity contribution in [3.8, 4) is 0 Å². The average molecular weight is 243 g/mol. The van der Waals surface area contributed by atoms with E-state index in [0.29, 0.717) is 16.9 Å². The van der Waals surface area contributed by atoms with Gasteiger partial charge in [0.15, 0.2) is 5.82 Å². The lowest BCUT2D eigenvalue weighted by Gasteiger charge is -2.07. The number of hydrogen-bond acceptors (Lipinski definition) is 4. The first kappa shape index (κ1) is 13.2. The number of nitrogens with one attached hydrogen (secondary N) is 1. The predicted octanol–water partition coefficient (Wildman–Crippen LogP) is 3.19. The summed E-state index contributed by atoms with van der Waals surface area (Å²) >= 11 is 1.44. The second kappa shape index (κ2) is 6.68. The number of rotatable bonds is 6. The van der Waals surface area contributed by atoms with Gasteiger partial charge in [0, 0.05) is 12.3 Å². The van der Waals surface area contributed by atoms with Crippen molar-refractivity contribution < 1.29 is 4.39 Å². The highest BCUT2D eigenvalue weighted by Gasteiger charge is 2.08. The van der Waals surface area contributed by atoms with Gasteiger partial charge in [0.1, 0.15) is 5.03 Å². The largest absolute Gasteiger partial charge is 0.354 e. The SMILES string of the molecule is CCCNc1ncc(F)c(SCC(C)C)n1. The number of thioether (sulfide) groups is 1. The van der Waals surface area contributed by atoms with E-state index < -0.39 is 0 Å². The Morgan fingerprint density at radius 2 is 2.25 bits per heavy atom. The van der Waals surface area contributed by atoms with E-state index >= 15 is 0 Å². The first-order chi connectivity index (χ1) is 7.63. The number of aromatic nitrogens is 2. The van der Waals surface area contributed by atoms with Gasteiger partial charge < -0.3 is 5.32 Å². The van der Waals surface area contributed by atoms with Gasteiger partial charge >= 0.3 is 0 Å². The maximum atomic E-state index is 13.4. The Morgan fingerprint density at radius 1 is 1.50 bits per heavy atom. The molecule has 1 aromatic heterocycles. The second-order valence-corrected chi connectivity index (χ2v) is 4.99. The fourth-order valence-electron chi connectivity index (χ4n) is 1.02. The molecule has 0 aliphatic carbocycles. The van der Waals surface area contributed by atoms with Gasteiger partial charge in [-0.05, 0) is 12.3 Å². The Balaban J connectivity index is 2.66. The minimum absolute atomic E-state index is 0.340. The molecule has 0 aromatic carbocycles. The van der Waals surface area contributed by atoms with E-state index in [2.05, 4.69) is 36.1 Å². The van der Waals surface area contributed by atoms with E-state index in [1.165, 1.54) is 18.0 Å². The molecule has 0 unspecified atom stereocenters. The predicted molar refractivity (Wildman–Crippen MR) is 66.3 cm³/mol. The molecule has 3 nitrogen and oxygen atoms in total. The maximum Gasteiger partial charge on any atom is 0.223 e. The van der Waals surface area contributed by atoms with Crippen LogP contribution in [0.15, 0.2) is 11.2 Å². The number of halogens is 1. The zero-order chi connectivity index (χ0) is 12.0. The topological polar surface area (TPSA) is 37.8 Å². The maximum absolute atomic E-state index is 13.4. The van der Waals surface area contributed by atoms with Gasteiger partial charge in [-0.3, -0.25) is 0 Å². The fourth-order valence-corrected chi connectivity index (χ4v) is 1.85. The van der Waals surface area contributed by atoms with Crippen molar-refractivity contribution in [2.75, 3.05) is 17.6 Å². The van der Waals surface area contributed by atoms with Crippen LogP contribution in [-0.4, -0.2) is 22.3 Å². The molecule has 0 amide bonds. The quantitative estimate of drug-likeness (QED) is 0.615. The highest BCUT2D eigenvalue weighted by molar-refractivity contribution is 7.99. The molecule has 1 N–H and O–H groups in total. The van der Waals surface area contributed by atoms with E-state index in [1.807, 2.05) is 0 Å². The summed E-state index contributed by atoms with van der Waals surface area (Å²) < 4.78 is 13.4. The molecule has 0 spiro atoms. The van der Waals surface area contributed by atoms with Crippen molar-refractivity contribution in [3.63, 3.8) is 0 Å². The average Bonchev–Trinajstić information content (AvgIpc) is 2.26. The summed E-state index contributed by atoms with van der Waals surface area (Å²) in [6.45, 7) is 7.07. The van der Waals surface area contributed by atoms with Crippen LogP contribution >= 0.6 is 11.8 Å². The monoisotopic (exact) mass is 243 g/mol. The minimum Gasteiger partial charge on any atom is -0.354 e. The van der Waals surface area contributed by atoms with E-state index in [9.17, 15) is 4.39 Å². The van der Waals surface area contributed by atoms with Crippen LogP contribution in [-0.2, 0) is 0 Å². The van der Waals surface area contributed by atoms with Crippen molar-refractivity contribution in [2.24, 2.45) is 5.92 Å². The number of hydrogen-bond donors (Lipinski definition) is 1. The van der Waals surface area contributed by atoms with E-state index in [4.69, 9.17) is 0 Å². The molecular weight excluding hydrogens is 225 g/mol. The van der Waals surface area contributed by atoms with Crippen LogP contribution in [0, 0.1) is 11.7 Å². The molecule has 0 saturated heterocycles. The normalized spacial score (nSPS) is 10.8. The molecule has 0 aliphatic rings. The van der Waals surface area contributed by atoms with Crippen molar-refractivity contribution >= 4 is 17.7 Å². The van der Waals surface area contributed by atoms with Crippen LogP contribution in [0.4, 0.5) is 10.3 Å². The summed E-state index contributed by atoms with van der Waals surface area (Å²) in [7, 11) is 0. The lowest BCUT2D eigenvalue weighted by Crippen LogP contribution is -2.06. The third-order valence-corrected chi connectivity index (χ3v) is 3.19. The molecule has 16 heavy (non-hydrogen) atoms. The van der Waals surface area contributed by atoms with Gasteiger partial charge in [0.05, 0.1) is 6.20 Å². The third-order valence-electron chi connectivity index (χ3n) is 1.80. The Hall–Kier alpha value is -0.840. The van der Waals surface area contributed by atoms with E-state index in [1.54, 1.807) is 0 Å². The van der Waals surface area contributed by atoms with Gasteiger partial charge in [-0.1, -0.05) is 20.8 Å². The highest BCUT2D eigenvalue weighted by Crippen LogP contribution is 2.22. The molecule has 0 radical (unpaired) electrons. The zero-order valence-corrected chi connectivity index (χ0v) is 10.8. The van der Waals surface area contributed by atoms with Gasteiger partial charge in [0.2, 0.25) is 5.95 Å². The first-order valence-electron chi connectivity index (χ1n) is 5.52. The Labute approximate surface area is 100 Å². The molecule has 0 saturated carbocycles. The van der Waals surface area contributed by atoms with Gasteiger partial charge in [-0.15, -0.1) is 11.8 Å². The molecule has 90 valence electrons. The molecule has 0 aliphatic heterocycles. The summed E-state index contributed by atoms with van der Waals surface area (Å²) in [5.41, 5.74) is 0. The van der Waals surface area contributed by atoms with E-state index in [0.717, 1.165) is 18.7 Å². The smallest absolute Gasteiger partial charge is 0.223 e. The standard InChI is InChI=1S/C11H18FN3S/c1-4-5-13-11-14-6-9(12)10(15-11)16-7-8(2)3/h6,8H,4-5,7H2,1-3H3,(H,13,14,15). The summed E-state index contributed by atoms with van der Waals surface area (Å²) in [5, 5.41) is 3.48. The zero-order valence-electron chi connectivity index (χ0n) is 9.96. The molecular formula is C11H18FN3S. The molecule has 0 bridgehead atoms. The first-order valence-corrected chi connectivity index (χ1v) is 6.51.